The fraction of sp³-hybridized carbons (Fsp3) is 0.391. The van der Waals surface area contributed by atoms with Crippen molar-refractivity contribution in [1.82, 2.24) is 4.31 Å². The maximum absolute atomic E-state index is 13.2. The van der Waals surface area contributed by atoms with E-state index in [1.54, 1.807) is 12.1 Å². The Morgan fingerprint density at radius 1 is 1.12 bits per heavy atom. The third-order valence-corrected chi connectivity index (χ3v) is 9.07. The Morgan fingerprint density at radius 3 is 2.56 bits per heavy atom. The van der Waals surface area contributed by atoms with Gasteiger partial charge in [-0.05, 0) is 69.0 Å². The fourth-order valence-corrected chi connectivity index (χ4v) is 6.39. The summed E-state index contributed by atoms with van der Waals surface area (Å²) in [6.45, 7) is 6.30. The number of aryl methyl sites for hydroxylation is 2. The van der Waals surface area contributed by atoms with Gasteiger partial charge < -0.3 is 10.6 Å². The van der Waals surface area contributed by atoms with E-state index < -0.39 is 10.0 Å². The summed E-state index contributed by atoms with van der Waals surface area (Å²) in [5.74, 6) is -0.437. The molecular weight excluding hydrogens is 446 g/mol. The average Bonchev–Trinajstić information content (AvgIpc) is 2.76. The number of fused-ring (bicyclic) bond motifs is 1. The second kappa shape index (κ2) is 8.88. The first kappa shape index (κ1) is 22.8. The van der Waals surface area contributed by atoms with Gasteiger partial charge in [0.25, 0.3) is 0 Å². The first-order valence-corrected chi connectivity index (χ1v) is 13.0. The molecule has 0 aliphatic carbocycles. The number of piperidine rings is 1. The summed E-state index contributed by atoms with van der Waals surface area (Å²) in [5.41, 5.74) is 3.40. The van der Waals surface area contributed by atoms with Crippen LogP contribution in [-0.2, 0) is 19.6 Å². The molecule has 2 aromatic carbocycles. The van der Waals surface area contributed by atoms with Crippen molar-refractivity contribution in [1.29, 1.82) is 0 Å². The van der Waals surface area contributed by atoms with Crippen LogP contribution < -0.4 is 10.6 Å². The van der Waals surface area contributed by atoms with Crippen LogP contribution in [0.4, 0.5) is 11.4 Å². The number of benzene rings is 2. The maximum Gasteiger partial charge on any atom is 0.243 e. The van der Waals surface area contributed by atoms with Crippen LogP contribution in [0.2, 0.25) is 0 Å². The maximum atomic E-state index is 13.2. The van der Waals surface area contributed by atoms with Gasteiger partial charge in [0.2, 0.25) is 21.8 Å². The van der Waals surface area contributed by atoms with Crippen molar-refractivity contribution in [3.05, 3.63) is 47.5 Å². The normalized spacial score (nSPS) is 19.8. The molecule has 0 spiro atoms. The van der Waals surface area contributed by atoms with E-state index in [0.29, 0.717) is 18.5 Å². The number of carbonyl (C=O) groups excluding carboxylic acids is 2. The lowest BCUT2D eigenvalue weighted by atomic mass is 9.97. The van der Waals surface area contributed by atoms with Gasteiger partial charge in [-0.1, -0.05) is 12.1 Å². The summed E-state index contributed by atoms with van der Waals surface area (Å²) in [6, 6.07) is 10.8. The molecule has 32 heavy (non-hydrogen) atoms. The van der Waals surface area contributed by atoms with E-state index in [0.717, 1.165) is 21.7 Å². The number of amides is 2. The van der Waals surface area contributed by atoms with Crippen molar-refractivity contribution >= 4 is 45.0 Å². The number of carbonyl (C=O) groups is 2. The number of nitrogens with zero attached hydrogens (tertiary/aromatic N) is 1. The Balaban J connectivity index is 1.42. The number of sulfonamides is 1. The van der Waals surface area contributed by atoms with Crippen LogP contribution in [0.25, 0.3) is 0 Å². The van der Waals surface area contributed by atoms with E-state index in [-0.39, 0.29) is 41.0 Å². The highest BCUT2D eigenvalue weighted by Crippen LogP contribution is 2.37. The molecule has 1 atom stereocenters. The molecule has 2 aromatic rings. The fourth-order valence-electron chi connectivity index (χ4n) is 3.96. The van der Waals surface area contributed by atoms with E-state index in [2.05, 4.69) is 10.6 Å². The molecule has 170 valence electrons. The van der Waals surface area contributed by atoms with Crippen LogP contribution in [0.15, 0.2) is 46.2 Å². The third-order valence-electron chi connectivity index (χ3n) is 6.00. The Hall–Kier alpha value is -2.36. The number of nitrogens with one attached hydrogen (secondary N) is 2. The number of hydrogen-bond acceptors (Lipinski definition) is 5. The molecule has 2 N–H and O–H groups in total. The lowest BCUT2D eigenvalue weighted by Gasteiger charge is -2.31. The lowest BCUT2D eigenvalue weighted by Crippen LogP contribution is -2.41. The van der Waals surface area contributed by atoms with Gasteiger partial charge in [-0.15, -0.1) is 11.8 Å². The summed E-state index contributed by atoms with van der Waals surface area (Å²) in [6.07, 6.45) is 0.927. The van der Waals surface area contributed by atoms with Crippen LogP contribution in [0.5, 0.6) is 0 Å². The highest BCUT2D eigenvalue weighted by Gasteiger charge is 2.33. The minimum atomic E-state index is -3.71. The molecule has 4 rings (SSSR count). The minimum absolute atomic E-state index is 0.0709. The van der Waals surface area contributed by atoms with Gasteiger partial charge in [-0.3, -0.25) is 9.59 Å². The van der Waals surface area contributed by atoms with Gasteiger partial charge in [-0.25, -0.2) is 8.42 Å². The first-order valence-electron chi connectivity index (χ1n) is 10.6. The third kappa shape index (κ3) is 4.55. The summed E-state index contributed by atoms with van der Waals surface area (Å²) >= 11 is 1.42. The molecule has 1 fully saturated rings. The lowest BCUT2D eigenvalue weighted by molar-refractivity contribution is -0.121. The molecule has 0 aromatic heterocycles. The van der Waals surface area contributed by atoms with E-state index in [1.165, 1.54) is 22.1 Å². The van der Waals surface area contributed by atoms with Crippen LogP contribution in [-0.4, -0.2) is 42.9 Å². The van der Waals surface area contributed by atoms with Gasteiger partial charge in [0.1, 0.15) is 0 Å². The minimum Gasteiger partial charge on any atom is -0.326 e. The molecule has 9 heteroatoms. The van der Waals surface area contributed by atoms with E-state index in [1.807, 2.05) is 39.0 Å². The van der Waals surface area contributed by atoms with E-state index in [4.69, 9.17) is 0 Å². The van der Waals surface area contributed by atoms with Crippen molar-refractivity contribution in [3.63, 3.8) is 0 Å². The Labute approximate surface area is 193 Å². The van der Waals surface area contributed by atoms with Crippen LogP contribution in [0.1, 0.15) is 30.9 Å². The van der Waals surface area contributed by atoms with Crippen LogP contribution in [0.3, 0.4) is 0 Å². The SMILES string of the molecule is Cc1ccc(C)c(NC(=O)C2CCN(S(=O)(=O)c3ccc4c(c3)NC(=O)[C@H](C)S4)CC2)c1. The standard InChI is InChI=1S/C23H27N3O4S2/c1-14-4-5-15(2)19(12-14)24-23(28)17-8-10-26(11-9-17)32(29,30)18-6-7-21-20(13-18)25-22(27)16(3)31-21/h4-7,12-13,16-17H,8-11H2,1-3H3,(H,24,28)(H,25,27)/t16-/m0/s1. The number of thioether (sulfide) groups is 1. The first-order chi connectivity index (χ1) is 15.1. The highest BCUT2D eigenvalue weighted by molar-refractivity contribution is 8.01. The van der Waals surface area contributed by atoms with Crippen molar-refractivity contribution < 1.29 is 18.0 Å². The summed E-state index contributed by atoms with van der Waals surface area (Å²) in [7, 11) is -3.71. The average molecular weight is 474 g/mol. The highest BCUT2D eigenvalue weighted by atomic mass is 32.2. The molecule has 2 aliphatic rings. The van der Waals surface area contributed by atoms with Gasteiger partial charge in [0.05, 0.1) is 15.8 Å². The van der Waals surface area contributed by atoms with Gasteiger partial charge >= 0.3 is 0 Å². The molecule has 0 saturated carbocycles. The molecule has 2 amide bonds. The number of anilines is 2. The summed E-state index contributed by atoms with van der Waals surface area (Å²) in [4.78, 5) is 25.7. The quantitative estimate of drug-likeness (QED) is 0.705. The Morgan fingerprint density at radius 2 is 1.84 bits per heavy atom. The Bertz CT molecular complexity index is 1170. The molecule has 0 radical (unpaired) electrons. The molecule has 1 saturated heterocycles. The second-order valence-electron chi connectivity index (χ2n) is 8.39. The van der Waals surface area contributed by atoms with Crippen LogP contribution in [0, 0.1) is 19.8 Å². The molecular formula is C23H27N3O4S2. The molecule has 0 bridgehead atoms. The zero-order valence-electron chi connectivity index (χ0n) is 18.3. The molecule has 2 heterocycles. The van der Waals surface area contributed by atoms with Gasteiger partial charge in [0, 0.05) is 29.6 Å². The predicted octanol–water partition coefficient (Wildman–Crippen LogP) is 3.78. The van der Waals surface area contributed by atoms with Crippen molar-refractivity contribution in [2.75, 3.05) is 23.7 Å². The summed E-state index contributed by atoms with van der Waals surface area (Å²) < 4.78 is 27.8. The van der Waals surface area contributed by atoms with E-state index >= 15 is 0 Å². The van der Waals surface area contributed by atoms with Crippen molar-refractivity contribution in [2.45, 2.75) is 48.7 Å². The van der Waals surface area contributed by atoms with Gasteiger partial charge in [-0.2, -0.15) is 4.31 Å². The molecule has 0 unspecified atom stereocenters. The van der Waals surface area contributed by atoms with Crippen molar-refractivity contribution in [3.8, 4) is 0 Å². The predicted molar refractivity (Wildman–Crippen MR) is 126 cm³/mol. The van der Waals surface area contributed by atoms with Gasteiger partial charge in [0.15, 0.2) is 0 Å². The zero-order chi connectivity index (χ0) is 23.0. The number of hydrogen-bond donors (Lipinski definition) is 2. The van der Waals surface area contributed by atoms with Crippen LogP contribution >= 0.6 is 11.8 Å². The van der Waals surface area contributed by atoms with Crippen molar-refractivity contribution in [2.24, 2.45) is 5.92 Å². The molecule has 7 nitrogen and oxygen atoms in total. The second-order valence-corrected chi connectivity index (χ2v) is 11.7. The largest absolute Gasteiger partial charge is 0.326 e. The summed E-state index contributed by atoms with van der Waals surface area (Å²) in [5, 5.41) is 5.57. The van der Waals surface area contributed by atoms with E-state index in [9.17, 15) is 18.0 Å². The smallest absolute Gasteiger partial charge is 0.243 e. The Kier molecular flexibility index (Phi) is 6.33. The molecule has 2 aliphatic heterocycles. The topological polar surface area (TPSA) is 95.6 Å². The number of rotatable bonds is 4. The monoisotopic (exact) mass is 473 g/mol. The zero-order valence-corrected chi connectivity index (χ0v) is 20.0.